The number of unbranched alkanes of at least 4 members (excludes halogenated alkanes) is 2. The van der Waals surface area contributed by atoms with Crippen molar-refractivity contribution in [1.82, 2.24) is 15.1 Å². The van der Waals surface area contributed by atoms with Crippen LogP contribution in [0.4, 0.5) is 5.69 Å². The van der Waals surface area contributed by atoms with Crippen molar-refractivity contribution in [2.45, 2.75) is 45.6 Å². The molecule has 0 bridgehead atoms. The SMILES string of the molecule is CN(CCCCCNc1cccc(-c2n[nH]c(=O)c3ccccc23)c1)C(C)(C)C. The summed E-state index contributed by atoms with van der Waals surface area (Å²) in [5.41, 5.74) is 2.95. The van der Waals surface area contributed by atoms with E-state index < -0.39 is 0 Å². The third-order valence-corrected chi connectivity index (χ3v) is 5.48. The Morgan fingerprint density at radius 3 is 2.52 bits per heavy atom. The highest BCUT2D eigenvalue weighted by molar-refractivity contribution is 5.94. The third kappa shape index (κ3) is 5.45. The molecule has 0 aliphatic heterocycles. The van der Waals surface area contributed by atoms with Gasteiger partial charge in [0.15, 0.2) is 0 Å². The lowest BCUT2D eigenvalue weighted by atomic mass is 10.0. The minimum atomic E-state index is -0.157. The molecule has 0 atom stereocenters. The maximum Gasteiger partial charge on any atom is 0.272 e. The molecule has 0 saturated carbocycles. The molecule has 29 heavy (non-hydrogen) atoms. The first-order chi connectivity index (χ1) is 13.9. The van der Waals surface area contributed by atoms with Crippen LogP contribution in [0.3, 0.4) is 0 Å². The van der Waals surface area contributed by atoms with Gasteiger partial charge >= 0.3 is 0 Å². The van der Waals surface area contributed by atoms with E-state index in [2.05, 4.69) is 60.4 Å². The Morgan fingerprint density at radius 1 is 1.00 bits per heavy atom. The smallest absolute Gasteiger partial charge is 0.272 e. The van der Waals surface area contributed by atoms with Crippen LogP contribution in [-0.4, -0.2) is 40.8 Å². The number of nitrogens with zero attached hydrogens (tertiary/aromatic N) is 2. The lowest BCUT2D eigenvalue weighted by Crippen LogP contribution is -2.38. The van der Waals surface area contributed by atoms with E-state index in [1.54, 1.807) is 0 Å². The van der Waals surface area contributed by atoms with E-state index in [0.717, 1.165) is 41.8 Å². The minimum Gasteiger partial charge on any atom is -0.385 e. The number of aromatic amines is 1. The van der Waals surface area contributed by atoms with Crippen LogP contribution < -0.4 is 10.9 Å². The monoisotopic (exact) mass is 392 g/mol. The summed E-state index contributed by atoms with van der Waals surface area (Å²) < 4.78 is 0. The number of anilines is 1. The highest BCUT2D eigenvalue weighted by Gasteiger charge is 2.15. The predicted octanol–water partition coefficient (Wildman–Crippen LogP) is 4.90. The largest absolute Gasteiger partial charge is 0.385 e. The Morgan fingerprint density at radius 2 is 1.76 bits per heavy atom. The molecular formula is C24H32N4O. The standard InChI is InChI=1S/C24H32N4O/c1-24(2,3)28(4)16-9-5-8-15-25-19-12-10-11-18(17-19)22-20-13-6-7-14-21(20)23(29)27-26-22/h6-7,10-14,17,25H,5,8-9,15-16H2,1-4H3,(H,27,29). The number of hydrogen-bond donors (Lipinski definition) is 2. The lowest BCUT2D eigenvalue weighted by molar-refractivity contribution is 0.172. The van der Waals surface area contributed by atoms with Gasteiger partial charge < -0.3 is 10.2 Å². The zero-order valence-electron chi connectivity index (χ0n) is 18.0. The molecule has 0 aliphatic carbocycles. The summed E-state index contributed by atoms with van der Waals surface area (Å²) in [6.45, 7) is 8.83. The van der Waals surface area contributed by atoms with Gasteiger partial charge in [0.25, 0.3) is 5.56 Å². The van der Waals surface area contributed by atoms with Gasteiger partial charge in [-0.05, 0) is 65.4 Å². The van der Waals surface area contributed by atoms with Gasteiger partial charge in [0.05, 0.1) is 11.1 Å². The molecule has 0 radical (unpaired) electrons. The summed E-state index contributed by atoms with van der Waals surface area (Å²) in [6, 6.07) is 15.8. The van der Waals surface area contributed by atoms with E-state index in [-0.39, 0.29) is 11.1 Å². The molecule has 0 fully saturated rings. The molecule has 1 heterocycles. The van der Waals surface area contributed by atoms with Crippen molar-refractivity contribution in [2.24, 2.45) is 0 Å². The fourth-order valence-electron chi connectivity index (χ4n) is 3.33. The number of aromatic nitrogens is 2. The molecular weight excluding hydrogens is 360 g/mol. The second kappa shape index (κ2) is 9.23. The molecule has 3 rings (SSSR count). The summed E-state index contributed by atoms with van der Waals surface area (Å²) in [7, 11) is 2.19. The molecule has 1 aromatic heterocycles. The van der Waals surface area contributed by atoms with Crippen molar-refractivity contribution < 1.29 is 0 Å². The van der Waals surface area contributed by atoms with Gasteiger partial charge in [0.1, 0.15) is 0 Å². The van der Waals surface area contributed by atoms with Gasteiger partial charge in [-0.15, -0.1) is 0 Å². The second-order valence-corrected chi connectivity index (χ2v) is 8.61. The Kier molecular flexibility index (Phi) is 6.70. The van der Waals surface area contributed by atoms with Crippen LogP contribution in [0.15, 0.2) is 53.3 Å². The van der Waals surface area contributed by atoms with E-state index >= 15 is 0 Å². The first-order valence-corrected chi connectivity index (χ1v) is 10.4. The topological polar surface area (TPSA) is 61.0 Å². The number of rotatable bonds is 8. The number of hydrogen-bond acceptors (Lipinski definition) is 4. The molecule has 2 N–H and O–H groups in total. The summed E-state index contributed by atoms with van der Waals surface area (Å²) in [5.74, 6) is 0. The average Bonchev–Trinajstić information content (AvgIpc) is 2.70. The predicted molar refractivity (Wildman–Crippen MR) is 123 cm³/mol. The molecule has 5 heteroatoms. The summed E-state index contributed by atoms with van der Waals surface area (Å²) >= 11 is 0. The molecule has 0 amide bonds. The van der Waals surface area contributed by atoms with Gasteiger partial charge in [-0.3, -0.25) is 4.79 Å². The van der Waals surface area contributed by atoms with Gasteiger partial charge in [-0.2, -0.15) is 5.10 Å². The van der Waals surface area contributed by atoms with Crippen LogP contribution in [0.1, 0.15) is 40.0 Å². The number of benzene rings is 2. The fraction of sp³-hybridized carbons (Fsp3) is 0.417. The Hall–Kier alpha value is -2.66. The molecule has 154 valence electrons. The molecule has 0 saturated heterocycles. The average molecular weight is 393 g/mol. The van der Waals surface area contributed by atoms with Crippen LogP contribution >= 0.6 is 0 Å². The zero-order chi connectivity index (χ0) is 20.9. The van der Waals surface area contributed by atoms with Gasteiger partial charge in [-0.25, -0.2) is 5.10 Å². The van der Waals surface area contributed by atoms with Crippen molar-refractivity contribution in [3.63, 3.8) is 0 Å². The van der Waals surface area contributed by atoms with Crippen molar-refractivity contribution >= 4 is 16.5 Å². The zero-order valence-corrected chi connectivity index (χ0v) is 18.0. The van der Waals surface area contributed by atoms with E-state index in [1.165, 1.54) is 12.8 Å². The summed E-state index contributed by atoms with van der Waals surface area (Å²) in [5, 5.41) is 12.0. The van der Waals surface area contributed by atoms with Gasteiger partial charge in [-0.1, -0.05) is 36.8 Å². The highest BCUT2D eigenvalue weighted by Crippen LogP contribution is 2.26. The third-order valence-electron chi connectivity index (χ3n) is 5.48. The molecule has 2 aromatic carbocycles. The second-order valence-electron chi connectivity index (χ2n) is 8.61. The maximum atomic E-state index is 12.0. The lowest BCUT2D eigenvalue weighted by Gasteiger charge is -2.31. The number of H-pyrrole nitrogens is 1. The van der Waals surface area contributed by atoms with E-state index in [4.69, 9.17) is 0 Å². The highest BCUT2D eigenvalue weighted by atomic mass is 16.1. The van der Waals surface area contributed by atoms with Crippen molar-refractivity contribution in [3.8, 4) is 11.3 Å². The Bertz CT molecular complexity index is 1000. The normalized spacial score (nSPS) is 11.9. The van der Waals surface area contributed by atoms with E-state index in [9.17, 15) is 4.79 Å². The van der Waals surface area contributed by atoms with Gasteiger partial charge in [0, 0.05) is 28.7 Å². The maximum absolute atomic E-state index is 12.0. The first kappa shape index (κ1) is 21.1. The quantitative estimate of drug-likeness (QED) is 0.535. The van der Waals surface area contributed by atoms with Crippen LogP contribution in [0.25, 0.3) is 22.0 Å². The van der Waals surface area contributed by atoms with Crippen LogP contribution in [-0.2, 0) is 0 Å². The fourth-order valence-corrected chi connectivity index (χ4v) is 3.33. The van der Waals surface area contributed by atoms with Crippen LogP contribution in [0, 0.1) is 0 Å². The van der Waals surface area contributed by atoms with Crippen LogP contribution in [0.5, 0.6) is 0 Å². The van der Waals surface area contributed by atoms with E-state index in [1.807, 2.05) is 36.4 Å². The molecule has 5 nitrogen and oxygen atoms in total. The minimum absolute atomic E-state index is 0.157. The van der Waals surface area contributed by atoms with Crippen molar-refractivity contribution in [3.05, 3.63) is 58.9 Å². The molecule has 0 spiro atoms. The number of fused-ring (bicyclic) bond motifs is 1. The first-order valence-electron chi connectivity index (χ1n) is 10.4. The molecule has 0 aliphatic rings. The molecule has 0 unspecified atom stereocenters. The van der Waals surface area contributed by atoms with E-state index in [0.29, 0.717) is 5.39 Å². The van der Waals surface area contributed by atoms with Gasteiger partial charge in [0.2, 0.25) is 0 Å². The molecule has 3 aromatic rings. The number of nitrogens with one attached hydrogen (secondary N) is 2. The van der Waals surface area contributed by atoms with Crippen LogP contribution in [0.2, 0.25) is 0 Å². The Labute approximate surface area is 173 Å². The Balaban J connectivity index is 1.59. The van der Waals surface area contributed by atoms with Crippen molar-refractivity contribution in [1.29, 1.82) is 0 Å². The summed E-state index contributed by atoms with van der Waals surface area (Å²) in [4.78, 5) is 14.4. The summed E-state index contributed by atoms with van der Waals surface area (Å²) in [6.07, 6.45) is 3.56. The van der Waals surface area contributed by atoms with Crippen molar-refractivity contribution in [2.75, 3.05) is 25.5 Å².